The normalized spacial score (nSPS) is 18.9. The number of carbonyl (C=O) groups excluding carboxylic acids is 2. The van der Waals surface area contributed by atoms with Crippen LogP contribution in [0.15, 0.2) is 34.9 Å². The molecule has 7 heteroatoms. The molecule has 7 nitrogen and oxygen atoms in total. The molecule has 130 valence electrons. The van der Waals surface area contributed by atoms with Crippen LogP contribution in [-0.2, 0) is 0 Å². The van der Waals surface area contributed by atoms with Gasteiger partial charge in [-0.15, -0.1) is 0 Å². The maximum Gasteiger partial charge on any atom is 0.292 e. The van der Waals surface area contributed by atoms with Crippen molar-refractivity contribution < 1.29 is 18.8 Å². The van der Waals surface area contributed by atoms with Crippen LogP contribution in [0, 0.1) is 6.92 Å². The first-order valence-electron chi connectivity index (χ1n) is 8.35. The zero-order valence-corrected chi connectivity index (χ0v) is 13.9. The highest BCUT2D eigenvalue weighted by Crippen LogP contribution is 2.33. The second-order valence-corrected chi connectivity index (χ2v) is 6.59. The summed E-state index contributed by atoms with van der Waals surface area (Å²) in [5.41, 5.74) is 0.745. The minimum Gasteiger partial charge on any atom is -0.484 e. The standard InChI is InChI=1S/C18H19N3O4/c1-12-10-15(25-20-12)17(23)21-8-6-18(7-9-21)11-19-16(22)13-4-2-3-5-14(13)24-18/h2-5,10H,6-9,11H2,1H3,(H,19,22). The van der Waals surface area contributed by atoms with E-state index in [9.17, 15) is 9.59 Å². The molecule has 1 fully saturated rings. The molecule has 0 radical (unpaired) electrons. The summed E-state index contributed by atoms with van der Waals surface area (Å²) in [7, 11) is 0. The Morgan fingerprint density at radius 2 is 2.04 bits per heavy atom. The third-order valence-corrected chi connectivity index (χ3v) is 4.83. The van der Waals surface area contributed by atoms with Crippen LogP contribution in [-0.4, -0.2) is 47.1 Å². The number of amides is 2. The maximum absolute atomic E-state index is 12.5. The van der Waals surface area contributed by atoms with Crippen molar-refractivity contribution >= 4 is 11.8 Å². The molecule has 1 spiro atoms. The number of rotatable bonds is 1. The number of para-hydroxylation sites is 1. The number of hydrogen-bond acceptors (Lipinski definition) is 5. The molecule has 0 bridgehead atoms. The average Bonchev–Trinajstić information content (AvgIpc) is 3.01. The molecule has 0 unspecified atom stereocenters. The minimum atomic E-state index is -0.490. The van der Waals surface area contributed by atoms with Crippen LogP contribution in [0.2, 0.25) is 0 Å². The summed E-state index contributed by atoms with van der Waals surface area (Å²) in [5.74, 6) is 0.577. The molecule has 1 N–H and O–H groups in total. The fourth-order valence-electron chi connectivity index (χ4n) is 3.37. The molecule has 0 atom stereocenters. The van der Waals surface area contributed by atoms with E-state index in [1.54, 1.807) is 24.0 Å². The topological polar surface area (TPSA) is 84.7 Å². The Morgan fingerprint density at radius 3 is 2.76 bits per heavy atom. The van der Waals surface area contributed by atoms with Crippen molar-refractivity contribution in [3.05, 3.63) is 47.3 Å². The molecule has 1 aromatic carbocycles. The van der Waals surface area contributed by atoms with E-state index in [4.69, 9.17) is 9.26 Å². The number of aromatic nitrogens is 1. The van der Waals surface area contributed by atoms with Crippen molar-refractivity contribution in [3.8, 4) is 5.75 Å². The largest absolute Gasteiger partial charge is 0.484 e. The molecule has 4 rings (SSSR count). The van der Waals surface area contributed by atoms with Gasteiger partial charge in [0.1, 0.15) is 11.4 Å². The van der Waals surface area contributed by atoms with E-state index in [0.29, 0.717) is 49.5 Å². The second kappa shape index (κ2) is 5.91. The molecular formula is C18H19N3O4. The molecule has 2 aliphatic rings. The van der Waals surface area contributed by atoms with E-state index in [2.05, 4.69) is 10.5 Å². The number of benzene rings is 1. The Hall–Kier alpha value is -2.83. The van der Waals surface area contributed by atoms with Gasteiger partial charge in [-0.05, 0) is 19.1 Å². The Labute approximate surface area is 144 Å². The van der Waals surface area contributed by atoms with Gasteiger partial charge in [-0.1, -0.05) is 17.3 Å². The number of aryl methyl sites for hydroxylation is 1. The van der Waals surface area contributed by atoms with Gasteiger partial charge in [0.25, 0.3) is 11.8 Å². The van der Waals surface area contributed by atoms with Gasteiger partial charge in [0.15, 0.2) is 0 Å². The fraction of sp³-hybridized carbons (Fsp3) is 0.389. The van der Waals surface area contributed by atoms with Crippen molar-refractivity contribution in [1.82, 2.24) is 15.4 Å². The van der Waals surface area contributed by atoms with Crippen molar-refractivity contribution in [2.24, 2.45) is 0 Å². The van der Waals surface area contributed by atoms with Crippen LogP contribution in [0.1, 0.15) is 39.4 Å². The third-order valence-electron chi connectivity index (χ3n) is 4.83. The highest BCUT2D eigenvalue weighted by molar-refractivity contribution is 5.97. The van der Waals surface area contributed by atoms with Gasteiger partial charge < -0.3 is 19.5 Å². The summed E-state index contributed by atoms with van der Waals surface area (Å²) in [4.78, 5) is 26.4. The monoisotopic (exact) mass is 341 g/mol. The number of hydrogen-bond donors (Lipinski definition) is 1. The molecule has 2 aliphatic heterocycles. The van der Waals surface area contributed by atoms with Crippen LogP contribution in [0.4, 0.5) is 0 Å². The SMILES string of the molecule is Cc1cc(C(=O)N2CCC3(CC2)CNC(=O)c2ccccc2O3)on1. The van der Waals surface area contributed by atoms with Crippen LogP contribution < -0.4 is 10.1 Å². The second-order valence-electron chi connectivity index (χ2n) is 6.59. The molecule has 3 heterocycles. The third kappa shape index (κ3) is 2.86. The van der Waals surface area contributed by atoms with Gasteiger partial charge >= 0.3 is 0 Å². The van der Waals surface area contributed by atoms with Crippen molar-refractivity contribution in [2.45, 2.75) is 25.4 Å². The van der Waals surface area contributed by atoms with Crippen LogP contribution >= 0.6 is 0 Å². The Bertz CT molecular complexity index is 821. The first kappa shape index (κ1) is 15.7. The Kier molecular flexibility index (Phi) is 3.71. The van der Waals surface area contributed by atoms with Gasteiger partial charge in [0.2, 0.25) is 5.76 Å². The van der Waals surface area contributed by atoms with E-state index in [1.807, 2.05) is 18.2 Å². The predicted octanol–water partition coefficient (Wildman–Crippen LogP) is 1.78. The molecule has 2 amide bonds. The molecule has 0 saturated carbocycles. The number of carbonyl (C=O) groups is 2. The van der Waals surface area contributed by atoms with E-state index < -0.39 is 5.60 Å². The average molecular weight is 341 g/mol. The van der Waals surface area contributed by atoms with Crippen molar-refractivity contribution in [3.63, 3.8) is 0 Å². The summed E-state index contributed by atoms with van der Waals surface area (Å²) in [6.07, 6.45) is 1.28. The predicted molar refractivity (Wildman–Crippen MR) is 88.5 cm³/mol. The maximum atomic E-state index is 12.5. The van der Waals surface area contributed by atoms with Gasteiger partial charge in [-0.3, -0.25) is 9.59 Å². The Morgan fingerprint density at radius 1 is 1.28 bits per heavy atom. The summed E-state index contributed by atoms with van der Waals surface area (Å²) in [6, 6.07) is 8.90. The number of fused-ring (bicyclic) bond motifs is 1. The number of ether oxygens (including phenoxy) is 1. The lowest BCUT2D eigenvalue weighted by atomic mass is 9.90. The van der Waals surface area contributed by atoms with E-state index in [-0.39, 0.29) is 17.6 Å². The summed E-state index contributed by atoms with van der Waals surface area (Å²) in [6.45, 7) is 3.29. The van der Waals surface area contributed by atoms with Gasteiger partial charge in [-0.25, -0.2) is 0 Å². The van der Waals surface area contributed by atoms with Crippen molar-refractivity contribution in [1.29, 1.82) is 0 Å². The molecule has 1 saturated heterocycles. The highest BCUT2D eigenvalue weighted by Gasteiger charge is 2.41. The van der Waals surface area contributed by atoms with Crippen molar-refractivity contribution in [2.75, 3.05) is 19.6 Å². The van der Waals surface area contributed by atoms with Gasteiger partial charge in [0, 0.05) is 32.0 Å². The van der Waals surface area contributed by atoms with Gasteiger partial charge in [-0.2, -0.15) is 0 Å². The highest BCUT2D eigenvalue weighted by atomic mass is 16.5. The molecule has 0 aliphatic carbocycles. The lowest BCUT2D eigenvalue weighted by Gasteiger charge is -2.40. The quantitative estimate of drug-likeness (QED) is 0.855. The first-order valence-corrected chi connectivity index (χ1v) is 8.35. The smallest absolute Gasteiger partial charge is 0.292 e. The van der Waals surface area contributed by atoms with Crippen LogP contribution in [0.25, 0.3) is 0 Å². The number of likely N-dealkylation sites (tertiary alicyclic amines) is 1. The lowest BCUT2D eigenvalue weighted by molar-refractivity contribution is 0.00645. The van der Waals surface area contributed by atoms with Crippen LogP contribution in [0.3, 0.4) is 0 Å². The van der Waals surface area contributed by atoms with E-state index >= 15 is 0 Å². The first-order chi connectivity index (χ1) is 12.1. The minimum absolute atomic E-state index is 0.122. The molecule has 25 heavy (non-hydrogen) atoms. The fourth-order valence-corrected chi connectivity index (χ4v) is 3.37. The van der Waals surface area contributed by atoms with Crippen LogP contribution in [0.5, 0.6) is 5.75 Å². The molecular weight excluding hydrogens is 322 g/mol. The number of piperidine rings is 1. The summed E-state index contributed by atoms with van der Waals surface area (Å²) < 4.78 is 11.3. The number of nitrogens with zero attached hydrogens (tertiary/aromatic N) is 2. The molecule has 1 aromatic heterocycles. The summed E-state index contributed by atoms with van der Waals surface area (Å²) >= 11 is 0. The molecule has 2 aromatic rings. The van der Waals surface area contributed by atoms with E-state index in [0.717, 1.165) is 0 Å². The number of nitrogens with one attached hydrogen (secondary N) is 1. The zero-order valence-electron chi connectivity index (χ0n) is 13.9. The zero-order chi connectivity index (χ0) is 17.4. The van der Waals surface area contributed by atoms with E-state index in [1.165, 1.54) is 0 Å². The lowest BCUT2D eigenvalue weighted by Crippen LogP contribution is -2.54. The van der Waals surface area contributed by atoms with Gasteiger partial charge in [0.05, 0.1) is 17.8 Å². The summed E-state index contributed by atoms with van der Waals surface area (Å²) in [5, 5.41) is 6.71. The Balaban J connectivity index is 1.49.